The first-order chi connectivity index (χ1) is 9.89. The fourth-order valence-corrected chi connectivity index (χ4v) is 3.36. The summed E-state index contributed by atoms with van der Waals surface area (Å²) in [6, 6.07) is 7.40. The van der Waals surface area contributed by atoms with Gasteiger partial charge in [-0.1, -0.05) is 39.3 Å². The van der Waals surface area contributed by atoms with E-state index in [1.165, 1.54) is 6.42 Å². The number of amides is 1. The first-order valence-corrected chi connectivity index (χ1v) is 8.30. The van der Waals surface area contributed by atoms with Gasteiger partial charge in [-0.25, -0.2) is 5.43 Å². The summed E-state index contributed by atoms with van der Waals surface area (Å²) < 4.78 is 0.790. The van der Waals surface area contributed by atoms with Crippen molar-refractivity contribution in [2.45, 2.75) is 46.5 Å². The minimum Gasteiger partial charge on any atom is -0.267 e. The Morgan fingerprint density at radius 2 is 2.00 bits per heavy atom. The van der Waals surface area contributed by atoms with Crippen LogP contribution < -0.4 is 5.43 Å². The van der Waals surface area contributed by atoms with Gasteiger partial charge in [0, 0.05) is 16.1 Å². The molecule has 0 heterocycles. The molecule has 0 bridgehead atoms. The van der Waals surface area contributed by atoms with Gasteiger partial charge in [0.2, 0.25) is 0 Å². The second kappa shape index (κ2) is 6.73. The number of hydrogen-bond acceptors (Lipinski definition) is 2. The number of rotatable bonds is 2. The summed E-state index contributed by atoms with van der Waals surface area (Å²) in [5, 5.41) is 4.44. The van der Waals surface area contributed by atoms with Gasteiger partial charge in [-0.3, -0.25) is 4.79 Å². The first-order valence-electron chi connectivity index (χ1n) is 7.51. The summed E-state index contributed by atoms with van der Waals surface area (Å²) in [4.78, 5) is 12.2. The second-order valence-corrected chi connectivity index (χ2v) is 7.54. The van der Waals surface area contributed by atoms with Gasteiger partial charge in [0.15, 0.2) is 0 Å². The van der Waals surface area contributed by atoms with E-state index in [1.807, 2.05) is 18.2 Å². The molecular formula is C17H23BrN2O. The number of nitrogens with zero attached hydrogens (tertiary/aromatic N) is 1. The maximum absolute atomic E-state index is 12.2. The van der Waals surface area contributed by atoms with Crippen LogP contribution >= 0.6 is 15.9 Å². The summed E-state index contributed by atoms with van der Waals surface area (Å²) in [7, 11) is 0. The zero-order chi connectivity index (χ0) is 15.5. The van der Waals surface area contributed by atoms with Gasteiger partial charge in [0.25, 0.3) is 5.91 Å². The molecule has 1 unspecified atom stereocenters. The summed E-state index contributed by atoms with van der Waals surface area (Å²) in [5.74, 6) is 0.291. The molecule has 1 saturated carbocycles. The van der Waals surface area contributed by atoms with Gasteiger partial charge in [-0.05, 0) is 52.7 Å². The van der Waals surface area contributed by atoms with Crippen LogP contribution in [0.2, 0.25) is 0 Å². The Labute approximate surface area is 135 Å². The topological polar surface area (TPSA) is 41.5 Å². The first kappa shape index (κ1) is 16.2. The van der Waals surface area contributed by atoms with E-state index in [0.717, 1.165) is 29.4 Å². The number of carbonyl (C=O) groups excluding carboxylic acids is 1. The van der Waals surface area contributed by atoms with Crippen LogP contribution in [-0.4, -0.2) is 11.6 Å². The molecule has 3 nitrogen and oxygen atoms in total. The van der Waals surface area contributed by atoms with Gasteiger partial charge in [-0.15, -0.1) is 0 Å². The minimum atomic E-state index is -0.159. The molecule has 0 aromatic heterocycles. The normalized spacial score (nSPS) is 21.3. The lowest BCUT2D eigenvalue weighted by atomic mass is 9.71. The van der Waals surface area contributed by atoms with E-state index in [-0.39, 0.29) is 11.3 Å². The third kappa shape index (κ3) is 4.16. The Bertz CT molecular complexity index is 546. The summed E-state index contributed by atoms with van der Waals surface area (Å²) in [6.45, 7) is 6.73. The highest BCUT2D eigenvalue weighted by molar-refractivity contribution is 9.10. The summed E-state index contributed by atoms with van der Waals surface area (Å²) in [6.07, 6.45) is 4.56. The Morgan fingerprint density at radius 1 is 1.29 bits per heavy atom. The van der Waals surface area contributed by atoms with E-state index in [9.17, 15) is 4.79 Å². The lowest BCUT2D eigenvalue weighted by molar-refractivity contribution is 0.0953. The van der Waals surface area contributed by atoms with E-state index in [2.05, 4.69) is 47.2 Å². The maximum atomic E-state index is 12.2. The molecule has 114 valence electrons. The van der Waals surface area contributed by atoms with Crippen LogP contribution in [0.4, 0.5) is 0 Å². The Kier molecular flexibility index (Phi) is 5.20. The molecule has 1 aromatic rings. The number of nitrogens with one attached hydrogen (secondary N) is 1. The van der Waals surface area contributed by atoms with Crippen LogP contribution in [0.3, 0.4) is 0 Å². The monoisotopic (exact) mass is 350 g/mol. The average molecular weight is 351 g/mol. The van der Waals surface area contributed by atoms with Crippen molar-refractivity contribution in [2.75, 3.05) is 0 Å². The fraction of sp³-hybridized carbons (Fsp3) is 0.529. The Hall–Kier alpha value is -1.16. The van der Waals surface area contributed by atoms with Crippen molar-refractivity contribution in [3.63, 3.8) is 0 Å². The number of benzene rings is 1. The third-order valence-electron chi connectivity index (χ3n) is 4.04. The summed E-state index contributed by atoms with van der Waals surface area (Å²) >= 11 is 3.40. The van der Waals surface area contributed by atoms with E-state index >= 15 is 0 Å². The largest absolute Gasteiger partial charge is 0.272 e. The molecule has 1 atom stereocenters. The molecule has 1 N–H and O–H groups in total. The van der Waals surface area contributed by atoms with Crippen molar-refractivity contribution in [1.82, 2.24) is 5.43 Å². The van der Waals surface area contributed by atoms with Crippen LogP contribution in [0, 0.1) is 11.3 Å². The van der Waals surface area contributed by atoms with Crippen LogP contribution in [0.5, 0.6) is 0 Å². The number of hydrazone groups is 1. The van der Waals surface area contributed by atoms with E-state index in [0.29, 0.717) is 11.5 Å². The standard InChI is InChI=1S/C17H23BrN2O/c1-17(2,3)13-9-5-7-11-15(13)19-20-16(21)12-8-4-6-10-14(12)18/h4,6,8,10,13H,5,7,9,11H2,1-3H3,(H,20,21)/b19-15+. The van der Waals surface area contributed by atoms with Crippen molar-refractivity contribution in [3.05, 3.63) is 34.3 Å². The molecule has 0 aliphatic heterocycles. The molecule has 0 spiro atoms. The zero-order valence-electron chi connectivity index (χ0n) is 12.9. The lowest BCUT2D eigenvalue weighted by Gasteiger charge is -2.34. The highest BCUT2D eigenvalue weighted by Crippen LogP contribution is 2.36. The average Bonchev–Trinajstić information content (AvgIpc) is 2.44. The van der Waals surface area contributed by atoms with Crippen molar-refractivity contribution < 1.29 is 4.79 Å². The Morgan fingerprint density at radius 3 is 2.67 bits per heavy atom. The van der Waals surface area contributed by atoms with Crippen molar-refractivity contribution in [2.24, 2.45) is 16.4 Å². The lowest BCUT2D eigenvalue weighted by Crippen LogP contribution is -2.33. The van der Waals surface area contributed by atoms with Gasteiger partial charge in [0.05, 0.1) is 5.56 Å². The molecule has 21 heavy (non-hydrogen) atoms. The van der Waals surface area contributed by atoms with Gasteiger partial charge < -0.3 is 0 Å². The smallest absolute Gasteiger partial charge is 0.267 e. The number of hydrogen-bond donors (Lipinski definition) is 1. The van der Waals surface area contributed by atoms with E-state index in [4.69, 9.17) is 0 Å². The van der Waals surface area contributed by atoms with Crippen molar-refractivity contribution >= 4 is 27.5 Å². The van der Waals surface area contributed by atoms with Crippen LogP contribution in [0.1, 0.15) is 56.8 Å². The van der Waals surface area contributed by atoms with Gasteiger partial charge >= 0.3 is 0 Å². The molecule has 4 heteroatoms. The molecule has 1 aliphatic rings. The predicted octanol–water partition coefficient (Wildman–Crippen LogP) is 4.77. The molecule has 0 saturated heterocycles. The molecule has 1 fully saturated rings. The quantitative estimate of drug-likeness (QED) is 0.766. The van der Waals surface area contributed by atoms with Gasteiger partial charge in [-0.2, -0.15) is 5.10 Å². The van der Waals surface area contributed by atoms with Gasteiger partial charge in [0.1, 0.15) is 0 Å². The molecule has 1 aromatic carbocycles. The highest BCUT2D eigenvalue weighted by atomic mass is 79.9. The molecule has 0 radical (unpaired) electrons. The van der Waals surface area contributed by atoms with E-state index in [1.54, 1.807) is 6.07 Å². The van der Waals surface area contributed by atoms with Crippen molar-refractivity contribution in [1.29, 1.82) is 0 Å². The number of halogens is 1. The van der Waals surface area contributed by atoms with Crippen LogP contribution in [0.25, 0.3) is 0 Å². The maximum Gasteiger partial charge on any atom is 0.272 e. The molecule has 1 aliphatic carbocycles. The third-order valence-corrected chi connectivity index (χ3v) is 4.73. The Balaban J connectivity index is 2.12. The highest BCUT2D eigenvalue weighted by Gasteiger charge is 2.31. The SMILES string of the molecule is CC(C)(C)C1CCCC/C1=N\NC(=O)c1ccccc1Br. The van der Waals surface area contributed by atoms with Crippen LogP contribution in [0.15, 0.2) is 33.8 Å². The second-order valence-electron chi connectivity index (χ2n) is 6.69. The minimum absolute atomic E-state index is 0.159. The predicted molar refractivity (Wildman–Crippen MR) is 90.5 cm³/mol. The number of carbonyl (C=O) groups is 1. The van der Waals surface area contributed by atoms with Crippen molar-refractivity contribution in [3.8, 4) is 0 Å². The zero-order valence-corrected chi connectivity index (χ0v) is 14.5. The fourth-order valence-electron chi connectivity index (χ4n) is 2.89. The molecule has 2 rings (SSSR count). The van der Waals surface area contributed by atoms with E-state index < -0.39 is 0 Å². The molecular weight excluding hydrogens is 328 g/mol. The van der Waals surface area contributed by atoms with Crippen LogP contribution in [-0.2, 0) is 0 Å². The summed E-state index contributed by atoms with van der Waals surface area (Å²) in [5.41, 5.74) is 4.67. The molecule has 1 amide bonds.